The molecule has 1 aliphatic rings. The van der Waals surface area contributed by atoms with E-state index in [4.69, 9.17) is 0 Å². The number of nitrogens with zero attached hydrogens (tertiary/aromatic N) is 2. The van der Waals surface area contributed by atoms with Crippen LogP contribution in [0.5, 0.6) is 0 Å². The molecular formula is C22H28N4O2. The van der Waals surface area contributed by atoms with Crippen LogP contribution in [0.2, 0.25) is 0 Å². The number of carbonyl (C=O) groups excluding carboxylic acids is 2. The molecule has 0 radical (unpaired) electrons. The van der Waals surface area contributed by atoms with Crippen molar-refractivity contribution in [2.45, 2.75) is 19.0 Å². The molecule has 1 fully saturated rings. The molecule has 6 nitrogen and oxygen atoms in total. The lowest BCUT2D eigenvalue weighted by molar-refractivity contribution is -0.125. The first-order valence-electron chi connectivity index (χ1n) is 9.70. The van der Waals surface area contributed by atoms with E-state index in [1.807, 2.05) is 19.1 Å². The summed E-state index contributed by atoms with van der Waals surface area (Å²) >= 11 is 0. The summed E-state index contributed by atoms with van der Waals surface area (Å²) < 4.78 is 0. The van der Waals surface area contributed by atoms with Gasteiger partial charge in [-0.25, -0.2) is 4.79 Å². The summed E-state index contributed by atoms with van der Waals surface area (Å²) in [5, 5.41) is 4.78. The van der Waals surface area contributed by atoms with Crippen molar-refractivity contribution in [3.63, 3.8) is 0 Å². The molecule has 0 bridgehead atoms. The second-order valence-electron chi connectivity index (χ2n) is 7.04. The van der Waals surface area contributed by atoms with E-state index < -0.39 is 6.03 Å². The van der Waals surface area contributed by atoms with Crippen LogP contribution in [0.15, 0.2) is 60.7 Å². The fraction of sp³-hybridized carbons (Fsp3) is 0.364. The second-order valence-corrected chi connectivity index (χ2v) is 7.04. The zero-order valence-electron chi connectivity index (χ0n) is 16.5. The van der Waals surface area contributed by atoms with E-state index in [1.54, 1.807) is 0 Å². The van der Waals surface area contributed by atoms with Crippen molar-refractivity contribution in [2.24, 2.45) is 0 Å². The maximum atomic E-state index is 12.2. The molecule has 1 aliphatic heterocycles. The third-order valence-electron chi connectivity index (χ3n) is 5.34. The highest BCUT2D eigenvalue weighted by molar-refractivity contribution is 5.96. The number of amides is 3. The number of imide groups is 1. The topological polar surface area (TPSA) is 64.7 Å². The number of piperazine rings is 1. The summed E-state index contributed by atoms with van der Waals surface area (Å²) in [6.45, 7) is 5.11. The molecule has 3 amide bonds. The average molecular weight is 380 g/mol. The summed E-state index contributed by atoms with van der Waals surface area (Å²) in [5.74, 6) is -0.268. The Kier molecular flexibility index (Phi) is 6.79. The molecule has 3 rings (SSSR count). The highest BCUT2D eigenvalue weighted by Gasteiger charge is 2.30. The van der Waals surface area contributed by atoms with Crippen LogP contribution in [0.3, 0.4) is 0 Å². The zero-order chi connectivity index (χ0) is 19.9. The van der Waals surface area contributed by atoms with Gasteiger partial charge in [0.1, 0.15) is 0 Å². The van der Waals surface area contributed by atoms with Crippen molar-refractivity contribution < 1.29 is 9.59 Å². The van der Waals surface area contributed by atoms with Gasteiger partial charge >= 0.3 is 6.03 Å². The fourth-order valence-corrected chi connectivity index (χ4v) is 3.71. The highest BCUT2D eigenvalue weighted by Crippen LogP contribution is 2.29. The van der Waals surface area contributed by atoms with Gasteiger partial charge in [0.2, 0.25) is 5.91 Å². The number of hydrogen-bond donors (Lipinski definition) is 2. The van der Waals surface area contributed by atoms with Gasteiger partial charge in [-0.1, -0.05) is 60.7 Å². The minimum atomic E-state index is -0.469. The Bertz CT molecular complexity index is 734. The lowest BCUT2D eigenvalue weighted by atomic mass is 9.96. The zero-order valence-corrected chi connectivity index (χ0v) is 16.5. The molecule has 0 aromatic heterocycles. The molecule has 0 aliphatic carbocycles. The molecule has 1 atom stereocenters. The molecule has 6 heteroatoms. The molecule has 0 unspecified atom stereocenters. The Balaban J connectivity index is 1.69. The van der Waals surface area contributed by atoms with Gasteiger partial charge in [0.05, 0.1) is 12.1 Å². The van der Waals surface area contributed by atoms with Crippen molar-refractivity contribution in [1.29, 1.82) is 0 Å². The summed E-state index contributed by atoms with van der Waals surface area (Å²) in [7, 11) is 1.50. The summed E-state index contributed by atoms with van der Waals surface area (Å²) in [4.78, 5) is 28.2. The van der Waals surface area contributed by atoms with E-state index in [-0.39, 0.29) is 18.0 Å². The summed E-state index contributed by atoms with van der Waals surface area (Å²) in [5.41, 5.74) is 2.54. The fourth-order valence-electron chi connectivity index (χ4n) is 3.71. The Morgan fingerprint density at radius 2 is 1.29 bits per heavy atom. The van der Waals surface area contributed by atoms with E-state index in [9.17, 15) is 9.59 Å². The maximum Gasteiger partial charge on any atom is 0.321 e. The first kappa shape index (κ1) is 20.0. The Labute approximate surface area is 166 Å². The van der Waals surface area contributed by atoms with Gasteiger partial charge in [-0.15, -0.1) is 0 Å². The van der Waals surface area contributed by atoms with Crippen molar-refractivity contribution in [3.8, 4) is 0 Å². The lowest BCUT2D eigenvalue weighted by Gasteiger charge is -2.41. The number of urea groups is 1. The Hall–Kier alpha value is -2.70. The molecule has 2 N–H and O–H groups in total. The van der Waals surface area contributed by atoms with Crippen LogP contribution in [-0.4, -0.2) is 61.0 Å². The Morgan fingerprint density at radius 1 is 0.821 bits per heavy atom. The summed E-state index contributed by atoms with van der Waals surface area (Å²) in [6, 6.07) is 20.4. The monoisotopic (exact) mass is 380 g/mol. The van der Waals surface area contributed by atoms with Gasteiger partial charge in [-0.05, 0) is 18.1 Å². The van der Waals surface area contributed by atoms with Crippen molar-refractivity contribution in [2.75, 3.05) is 33.2 Å². The molecule has 0 saturated carbocycles. The molecule has 148 valence electrons. The number of carbonyl (C=O) groups is 2. The van der Waals surface area contributed by atoms with E-state index in [0.717, 1.165) is 26.2 Å². The molecule has 1 heterocycles. The largest absolute Gasteiger partial charge is 0.341 e. The normalized spacial score (nSPS) is 16.5. The lowest BCUT2D eigenvalue weighted by Crippen LogP contribution is -2.55. The van der Waals surface area contributed by atoms with Crippen LogP contribution >= 0.6 is 0 Å². The van der Waals surface area contributed by atoms with E-state index in [1.165, 1.54) is 18.2 Å². The molecule has 28 heavy (non-hydrogen) atoms. The van der Waals surface area contributed by atoms with E-state index >= 15 is 0 Å². The minimum Gasteiger partial charge on any atom is -0.341 e. The third-order valence-corrected chi connectivity index (χ3v) is 5.34. The first-order valence-corrected chi connectivity index (χ1v) is 9.70. The van der Waals surface area contributed by atoms with Crippen molar-refractivity contribution in [3.05, 3.63) is 71.8 Å². The third kappa shape index (κ3) is 4.77. The predicted octanol–water partition coefficient (Wildman–Crippen LogP) is 2.24. The van der Waals surface area contributed by atoms with Crippen LogP contribution in [0.4, 0.5) is 4.79 Å². The second kappa shape index (κ2) is 9.48. The maximum absolute atomic E-state index is 12.2. The molecule has 2 aromatic rings. The van der Waals surface area contributed by atoms with Gasteiger partial charge in [-0.2, -0.15) is 0 Å². The Morgan fingerprint density at radius 3 is 1.75 bits per heavy atom. The van der Waals surface area contributed by atoms with Gasteiger partial charge < -0.3 is 5.32 Å². The number of benzene rings is 2. The smallest absolute Gasteiger partial charge is 0.321 e. The first-order chi connectivity index (χ1) is 13.6. The number of rotatable bonds is 5. The van der Waals surface area contributed by atoms with Crippen molar-refractivity contribution >= 4 is 11.9 Å². The van der Waals surface area contributed by atoms with Crippen LogP contribution in [0.1, 0.15) is 24.1 Å². The minimum absolute atomic E-state index is 0.194. The van der Waals surface area contributed by atoms with E-state index in [2.05, 4.69) is 69.0 Å². The van der Waals surface area contributed by atoms with Crippen LogP contribution in [0, 0.1) is 0 Å². The summed E-state index contributed by atoms with van der Waals surface area (Å²) in [6.07, 6.45) is 0. The van der Waals surface area contributed by atoms with Gasteiger partial charge in [-0.3, -0.25) is 19.9 Å². The van der Waals surface area contributed by atoms with Gasteiger partial charge in [0.25, 0.3) is 0 Å². The SMILES string of the molecule is CNC(=O)NC(=O)[C@H](C)N1CCN(C(c2ccccc2)c2ccccc2)CC1. The molecule has 0 spiro atoms. The quantitative estimate of drug-likeness (QED) is 0.835. The van der Waals surface area contributed by atoms with Gasteiger partial charge in [0, 0.05) is 33.2 Å². The molecule has 1 saturated heterocycles. The van der Waals surface area contributed by atoms with Crippen LogP contribution < -0.4 is 10.6 Å². The predicted molar refractivity (Wildman–Crippen MR) is 110 cm³/mol. The highest BCUT2D eigenvalue weighted by atomic mass is 16.2. The van der Waals surface area contributed by atoms with E-state index in [0.29, 0.717) is 0 Å². The molecule has 2 aromatic carbocycles. The van der Waals surface area contributed by atoms with Gasteiger partial charge in [0.15, 0.2) is 0 Å². The number of nitrogens with one attached hydrogen (secondary N) is 2. The molecular weight excluding hydrogens is 352 g/mol. The average Bonchev–Trinajstić information content (AvgIpc) is 2.75. The van der Waals surface area contributed by atoms with Crippen molar-refractivity contribution in [1.82, 2.24) is 20.4 Å². The van der Waals surface area contributed by atoms with Crippen LogP contribution in [-0.2, 0) is 4.79 Å². The number of hydrogen-bond acceptors (Lipinski definition) is 4. The standard InChI is InChI=1S/C22H28N4O2/c1-17(21(27)24-22(28)23-2)25-13-15-26(16-14-25)20(18-9-5-3-6-10-18)19-11-7-4-8-12-19/h3-12,17,20H,13-16H2,1-2H3,(H2,23,24,27,28)/t17-/m0/s1. The van der Waals surface area contributed by atoms with Crippen LogP contribution in [0.25, 0.3) is 0 Å².